The number of nitrogens with one attached hydrogen (secondary N) is 1. The van der Waals surface area contributed by atoms with Crippen LogP contribution in [0.15, 0.2) is 0 Å². The Balaban J connectivity index is 2.16. The molecule has 2 rings (SSSR count). The van der Waals surface area contributed by atoms with Crippen molar-refractivity contribution < 1.29 is 4.79 Å². The lowest BCUT2D eigenvalue weighted by Crippen LogP contribution is -2.45. The summed E-state index contributed by atoms with van der Waals surface area (Å²) in [5.41, 5.74) is 0.00505. The molecule has 2 fully saturated rings. The largest absolute Gasteiger partial charge is 0.325 e. The summed E-state index contributed by atoms with van der Waals surface area (Å²) >= 11 is 0. The number of hydrogen-bond acceptors (Lipinski definition) is 2. The van der Waals surface area contributed by atoms with Crippen LogP contribution in [0.4, 0.5) is 0 Å². The first kappa shape index (κ1) is 11.9. The van der Waals surface area contributed by atoms with Gasteiger partial charge in [0.15, 0.2) is 0 Å². The molecule has 3 nitrogen and oxygen atoms in total. The molecule has 0 radical (unpaired) electrons. The lowest BCUT2D eigenvalue weighted by molar-refractivity contribution is -0.132. The predicted octanol–water partition coefficient (Wildman–Crippen LogP) is 1.98. The molecule has 0 aromatic rings. The lowest BCUT2D eigenvalue weighted by Gasteiger charge is -2.32. The Hall–Kier alpha value is -0.570. The van der Waals surface area contributed by atoms with E-state index in [1.54, 1.807) is 0 Å². The van der Waals surface area contributed by atoms with Crippen LogP contribution in [0.25, 0.3) is 0 Å². The van der Waals surface area contributed by atoms with Crippen LogP contribution in [0, 0.1) is 11.3 Å². The summed E-state index contributed by atoms with van der Waals surface area (Å²) in [7, 11) is 0. The predicted molar refractivity (Wildman–Crippen MR) is 64.9 cm³/mol. The zero-order valence-electron chi connectivity index (χ0n) is 11.1. The molecule has 1 saturated carbocycles. The lowest BCUT2D eigenvalue weighted by atomic mass is 9.95. The summed E-state index contributed by atoms with van der Waals surface area (Å²) in [6.45, 7) is 11.8. The fraction of sp³-hybridized carbons (Fsp3) is 0.923. The van der Waals surface area contributed by atoms with E-state index in [9.17, 15) is 4.79 Å². The van der Waals surface area contributed by atoms with Crippen LogP contribution < -0.4 is 5.32 Å². The van der Waals surface area contributed by atoms with Gasteiger partial charge in [-0.15, -0.1) is 0 Å². The van der Waals surface area contributed by atoms with Gasteiger partial charge in [0.2, 0.25) is 5.91 Å². The monoisotopic (exact) mass is 224 g/mol. The molecule has 92 valence electrons. The minimum Gasteiger partial charge on any atom is -0.325 e. The number of nitrogens with zero attached hydrogens (tertiary/aromatic N) is 1. The van der Waals surface area contributed by atoms with Gasteiger partial charge in [-0.3, -0.25) is 10.1 Å². The highest BCUT2D eigenvalue weighted by atomic mass is 16.2. The Kier molecular flexibility index (Phi) is 2.57. The van der Waals surface area contributed by atoms with E-state index in [-0.39, 0.29) is 17.1 Å². The molecule has 2 aliphatic rings. The van der Waals surface area contributed by atoms with E-state index in [1.165, 1.54) is 0 Å². The van der Waals surface area contributed by atoms with E-state index < -0.39 is 0 Å². The topological polar surface area (TPSA) is 32.3 Å². The zero-order chi connectivity index (χ0) is 12.1. The normalized spacial score (nSPS) is 28.2. The fourth-order valence-corrected chi connectivity index (χ4v) is 2.51. The second-order valence-electron chi connectivity index (χ2n) is 6.91. The molecule has 3 heteroatoms. The van der Waals surface area contributed by atoms with Gasteiger partial charge >= 0.3 is 0 Å². The minimum atomic E-state index is -0.166. The third kappa shape index (κ3) is 1.97. The molecule has 0 bridgehead atoms. The summed E-state index contributed by atoms with van der Waals surface area (Å²) in [4.78, 5) is 14.4. The van der Waals surface area contributed by atoms with Crippen LogP contribution in [0.3, 0.4) is 0 Å². The first-order chi connectivity index (χ1) is 7.25. The third-order valence-corrected chi connectivity index (χ3v) is 3.46. The maximum Gasteiger partial charge on any atom is 0.244 e. The molecular weight excluding hydrogens is 200 g/mol. The highest BCUT2D eigenvalue weighted by Crippen LogP contribution is 2.43. The highest BCUT2D eigenvalue weighted by Gasteiger charge is 2.59. The molecular formula is C13H24N2O. The Morgan fingerprint density at radius 1 is 1.44 bits per heavy atom. The Labute approximate surface area is 98.6 Å². The van der Waals surface area contributed by atoms with Gasteiger partial charge < -0.3 is 4.90 Å². The van der Waals surface area contributed by atoms with Crippen LogP contribution in [0.5, 0.6) is 0 Å². The van der Waals surface area contributed by atoms with Crippen LogP contribution in [-0.4, -0.2) is 29.1 Å². The number of rotatable bonds is 2. The van der Waals surface area contributed by atoms with Crippen molar-refractivity contribution in [2.24, 2.45) is 11.3 Å². The summed E-state index contributed by atoms with van der Waals surface area (Å²) in [6.07, 6.45) is 2.28. The van der Waals surface area contributed by atoms with Crippen LogP contribution in [0.1, 0.15) is 47.5 Å². The standard InChI is InChI=1S/C13H24N2O/c1-9(2)10-14-13(6-7-13)11(16)15(10)8-12(3,4)5/h9-10,14H,6-8H2,1-5H3. The van der Waals surface area contributed by atoms with Crippen LogP contribution in [0.2, 0.25) is 0 Å². The van der Waals surface area contributed by atoms with Crippen molar-refractivity contribution in [1.29, 1.82) is 0 Å². The molecule has 0 aromatic carbocycles. The minimum absolute atomic E-state index is 0.166. The van der Waals surface area contributed by atoms with Gasteiger partial charge in [0.05, 0.1) is 11.7 Å². The summed E-state index contributed by atoms with van der Waals surface area (Å²) in [5, 5.41) is 3.54. The van der Waals surface area contributed by atoms with Gasteiger partial charge in [-0.05, 0) is 24.2 Å². The number of amides is 1. The van der Waals surface area contributed by atoms with Crippen LogP contribution in [-0.2, 0) is 4.79 Å². The molecule has 1 spiro atoms. The van der Waals surface area contributed by atoms with E-state index in [1.807, 2.05) is 0 Å². The van der Waals surface area contributed by atoms with Crippen LogP contribution >= 0.6 is 0 Å². The van der Waals surface area contributed by atoms with Gasteiger partial charge in [-0.25, -0.2) is 0 Å². The van der Waals surface area contributed by atoms with Crippen molar-refractivity contribution in [3.05, 3.63) is 0 Å². The van der Waals surface area contributed by atoms with Crippen molar-refractivity contribution in [1.82, 2.24) is 10.2 Å². The number of carbonyl (C=O) groups excluding carboxylic acids is 1. The quantitative estimate of drug-likeness (QED) is 0.778. The number of carbonyl (C=O) groups is 1. The van der Waals surface area contributed by atoms with E-state index in [0.29, 0.717) is 11.8 Å². The van der Waals surface area contributed by atoms with Crippen molar-refractivity contribution >= 4 is 5.91 Å². The van der Waals surface area contributed by atoms with Gasteiger partial charge in [0, 0.05) is 6.54 Å². The van der Waals surface area contributed by atoms with Crippen molar-refractivity contribution in [2.45, 2.75) is 59.2 Å². The van der Waals surface area contributed by atoms with Crippen molar-refractivity contribution in [2.75, 3.05) is 6.54 Å². The molecule has 1 atom stereocenters. The Morgan fingerprint density at radius 3 is 2.38 bits per heavy atom. The van der Waals surface area contributed by atoms with Gasteiger partial charge in [-0.2, -0.15) is 0 Å². The van der Waals surface area contributed by atoms with Gasteiger partial charge in [0.25, 0.3) is 0 Å². The highest BCUT2D eigenvalue weighted by molar-refractivity contribution is 5.91. The van der Waals surface area contributed by atoms with E-state index in [2.05, 4.69) is 44.8 Å². The summed E-state index contributed by atoms with van der Waals surface area (Å²) < 4.78 is 0. The SMILES string of the molecule is CC(C)C1NC2(CC2)C(=O)N1CC(C)(C)C. The third-order valence-electron chi connectivity index (χ3n) is 3.46. The summed E-state index contributed by atoms with van der Waals surface area (Å²) in [6, 6.07) is 0. The molecule has 1 amide bonds. The van der Waals surface area contributed by atoms with E-state index >= 15 is 0 Å². The summed E-state index contributed by atoms with van der Waals surface area (Å²) in [5.74, 6) is 0.812. The molecule has 1 aliphatic heterocycles. The smallest absolute Gasteiger partial charge is 0.244 e. The Bertz CT molecular complexity index is 300. The molecule has 1 unspecified atom stereocenters. The maximum atomic E-state index is 12.3. The van der Waals surface area contributed by atoms with Crippen molar-refractivity contribution in [3.63, 3.8) is 0 Å². The second-order valence-corrected chi connectivity index (χ2v) is 6.91. The first-order valence-electron chi connectivity index (χ1n) is 6.34. The molecule has 1 heterocycles. The fourth-order valence-electron chi connectivity index (χ4n) is 2.51. The van der Waals surface area contributed by atoms with Gasteiger partial charge in [0.1, 0.15) is 0 Å². The maximum absolute atomic E-state index is 12.3. The average Bonchev–Trinajstić information content (AvgIpc) is 2.83. The van der Waals surface area contributed by atoms with Crippen molar-refractivity contribution in [3.8, 4) is 0 Å². The second kappa shape index (κ2) is 3.46. The average molecular weight is 224 g/mol. The van der Waals surface area contributed by atoms with E-state index in [4.69, 9.17) is 0 Å². The molecule has 1 aliphatic carbocycles. The Morgan fingerprint density at radius 2 is 2.00 bits per heavy atom. The molecule has 0 aromatic heterocycles. The molecule has 16 heavy (non-hydrogen) atoms. The molecule has 1 N–H and O–H groups in total. The first-order valence-corrected chi connectivity index (χ1v) is 6.34. The van der Waals surface area contributed by atoms with E-state index in [0.717, 1.165) is 19.4 Å². The number of hydrogen-bond donors (Lipinski definition) is 1. The molecule has 1 saturated heterocycles. The zero-order valence-corrected chi connectivity index (χ0v) is 11.1. The van der Waals surface area contributed by atoms with Gasteiger partial charge in [-0.1, -0.05) is 34.6 Å².